The number of hydrogen-bond acceptors (Lipinski definition) is 4. The molecule has 280 valence electrons. The molecule has 0 atom stereocenters. The molecule has 0 unspecified atom stereocenters. The number of benzene rings is 2. The van der Waals surface area contributed by atoms with Crippen LogP contribution in [0.25, 0.3) is 6.08 Å². The lowest BCUT2D eigenvalue weighted by Gasteiger charge is -2.16. The highest BCUT2D eigenvalue weighted by Crippen LogP contribution is 2.33. The summed E-state index contributed by atoms with van der Waals surface area (Å²) in [6, 6.07) is 12.1. The van der Waals surface area contributed by atoms with Gasteiger partial charge in [-0.25, -0.2) is 4.79 Å². The van der Waals surface area contributed by atoms with Gasteiger partial charge in [-0.2, -0.15) is 0 Å². The second-order valence-electron chi connectivity index (χ2n) is 13.8. The lowest BCUT2D eigenvalue weighted by atomic mass is 9.97. The Morgan fingerprint density at radius 1 is 0.558 bits per heavy atom. The van der Waals surface area contributed by atoms with Crippen molar-refractivity contribution in [1.82, 2.24) is 0 Å². The molecule has 0 spiro atoms. The number of allylic oxidation sites excluding steroid dienone is 14. The maximum Gasteiger partial charge on any atom is 0.336 e. The summed E-state index contributed by atoms with van der Waals surface area (Å²) in [7, 11) is 3.38. The summed E-state index contributed by atoms with van der Waals surface area (Å²) in [6.07, 6.45) is 43.3. The number of rotatable bonds is 25. The topological polar surface area (TPSA) is 44.8 Å². The zero-order valence-electron chi connectivity index (χ0n) is 32.8. The minimum Gasteiger partial charge on any atom is -0.497 e. The van der Waals surface area contributed by atoms with Gasteiger partial charge in [0.25, 0.3) is 0 Å². The van der Waals surface area contributed by atoms with Crippen molar-refractivity contribution in [3.63, 3.8) is 0 Å². The van der Waals surface area contributed by atoms with Crippen LogP contribution >= 0.6 is 0 Å². The van der Waals surface area contributed by atoms with Crippen LogP contribution in [-0.4, -0.2) is 20.2 Å². The molecular formula is C48H64O4. The molecule has 0 bridgehead atoms. The Balaban J connectivity index is 1.85. The summed E-state index contributed by atoms with van der Waals surface area (Å²) >= 11 is 0. The smallest absolute Gasteiger partial charge is 0.336 e. The van der Waals surface area contributed by atoms with Crippen LogP contribution in [0.15, 0.2) is 128 Å². The molecule has 0 heterocycles. The van der Waals surface area contributed by atoms with Crippen molar-refractivity contribution in [1.29, 1.82) is 0 Å². The van der Waals surface area contributed by atoms with E-state index in [0.29, 0.717) is 11.7 Å². The van der Waals surface area contributed by atoms with Crippen molar-refractivity contribution < 1.29 is 19.0 Å². The average Bonchev–Trinajstić information content (AvgIpc) is 3.12. The number of esters is 1. The van der Waals surface area contributed by atoms with E-state index in [1.54, 1.807) is 20.3 Å². The van der Waals surface area contributed by atoms with Gasteiger partial charge in [0, 0.05) is 11.6 Å². The van der Waals surface area contributed by atoms with Crippen LogP contribution in [0, 0.1) is 11.8 Å². The lowest BCUT2D eigenvalue weighted by Crippen LogP contribution is -2.08. The predicted octanol–water partition coefficient (Wildman–Crippen LogP) is 13.1. The monoisotopic (exact) mass is 704 g/mol. The van der Waals surface area contributed by atoms with Crippen molar-refractivity contribution in [2.75, 3.05) is 14.2 Å². The minimum atomic E-state index is -0.386. The van der Waals surface area contributed by atoms with Crippen molar-refractivity contribution >= 4 is 12.0 Å². The van der Waals surface area contributed by atoms with Gasteiger partial charge in [0.15, 0.2) is 0 Å². The third-order valence-electron chi connectivity index (χ3n) is 8.44. The normalized spacial score (nSPS) is 12.7. The molecule has 0 saturated heterocycles. The van der Waals surface area contributed by atoms with Gasteiger partial charge in [0.05, 0.1) is 14.2 Å². The molecule has 0 amide bonds. The van der Waals surface area contributed by atoms with Crippen LogP contribution in [0.3, 0.4) is 0 Å². The highest BCUT2D eigenvalue weighted by Gasteiger charge is 2.15. The number of unbranched alkanes of at least 4 members (excludes halogenated alkanes) is 5. The van der Waals surface area contributed by atoms with Crippen LogP contribution in [0.1, 0.15) is 102 Å². The van der Waals surface area contributed by atoms with E-state index in [1.807, 2.05) is 115 Å². The molecule has 52 heavy (non-hydrogen) atoms. The van der Waals surface area contributed by atoms with Gasteiger partial charge in [-0.3, -0.25) is 0 Å². The fraction of sp³-hybridized carbons (Fsp3) is 0.396. The Morgan fingerprint density at radius 2 is 1.06 bits per heavy atom. The Bertz CT molecular complexity index is 1510. The van der Waals surface area contributed by atoms with Crippen LogP contribution in [0.2, 0.25) is 0 Å². The van der Waals surface area contributed by atoms with Gasteiger partial charge in [-0.15, -0.1) is 0 Å². The SMILES string of the molecule is COc1ccc(C=CC=CC=CC=CC=CC=CC=CC=CC(=O)Oc2cc(CCCC(C)C)cc(OC)c2CCCCCCCCC(C)C)cc1. The largest absolute Gasteiger partial charge is 0.497 e. The van der Waals surface area contributed by atoms with Crippen LogP contribution in [0.4, 0.5) is 0 Å². The van der Waals surface area contributed by atoms with E-state index in [4.69, 9.17) is 14.2 Å². The molecule has 4 heteroatoms. The van der Waals surface area contributed by atoms with Gasteiger partial charge < -0.3 is 14.2 Å². The number of carbonyl (C=O) groups excluding carboxylic acids is 1. The highest BCUT2D eigenvalue weighted by molar-refractivity contribution is 5.84. The zero-order valence-corrected chi connectivity index (χ0v) is 32.8. The van der Waals surface area contributed by atoms with E-state index >= 15 is 0 Å². The molecule has 2 rings (SSSR count). The third-order valence-corrected chi connectivity index (χ3v) is 8.44. The number of aryl methyl sites for hydroxylation is 1. The maximum absolute atomic E-state index is 12.9. The van der Waals surface area contributed by atoms with Gasteiger partial charge in [0.2, 0.25) is 0 Å². The first-order chi connectivity index (χ1) is 25.3. The van der Waals surface area contributed by atoms with Crippen molar-refractivity contribution in [3.05, 3.63) is 144 Å². The molecule has 0 aliphatic carbocycles. The molecule has 0 aliphatic rings. The van der Waals surface area contributed by atoms with Gasteiger partial charge in [-0.05, 0) is 72.9 Å². The maximum atomic E-state index is 12.9. The van der Waals surface area contributed by atoms with Crippen molar-refractivity contribution in [3.8, 4) is 17.2 Å². The molecule has 0 radical (unpaired) electrons. The summed E-state index contributed by atoms with van der Waals surface area (Å²) in [5.41, 5.74) is 3.26. The van der Waals surface area contributed by atoms with E-state index in [0.717, 1.165) is 72.6 Å². The number of methoxy groups -OCH3 is 2. The summed E-state index contributed by atoms with van der Waals surface area (Å²) in [5.74, 6) is 3.36. The van der Waals surface area contributed by atoms with E-state index in [9.17, 15) is 4.79 Å². The standard InChI is InChI=1S/C48H64O4/c1-40(2)28-23-19-17-18-21-25-32-45-46(51-6)38-43(31-27-29-41(3)4)39-47(45)52-48(49)33-26-22-16-14-12-10-8-7-9-11-13-15-20-24-30-42-34-36-44(50-5)37-35-42/h7-16,20,22,24,26,30,33-41H,17-19,21,23,25,27-29,31-32H2,1-6H3. The summed E-state index contributed by atoms with van der Waals surface area (Å²) in [5, 5.41) is 0. The van der Waals surface area contributed by atoms with Crippen LogP contribution < -0.4 is 14.2 Å². The summed E-state index contributed by atoms with van der Waals surface area (Å²) in [4.78, 5) is 12.9. The molecule has 0 fully saturated rings. The van der Waals surface area contributed by atoms with E-state index in [1.165, 1.54) is 38.2 Å². The third kappa shape index (κ3) is 20.9. The first kappa shape index (κ1) is 43.6. The molecule has 4 nitrogen and oxygen atoms in total. The molecule has 0 aromatic heterocycles. The van der Waals surface area contributed by atoms with E-state index in [-0.39, 0.29) is 5.97 Å². The molecule has 0 saturated carbocycles. The van der Waals surface area contributed by atoms with Crippen LogP contribution in [-0.2, 0) is 17.6 Å². The van der Waals surface area contributed by atoms with Crippen molar-refractivity contribution in [2.24, 2.45) is 11.8 Å². The number of hydrogen-bond donors (Lipinski definition) is 0. The Hall–Kier alpha value is -4.57. The second-order valence-corrected chi connectivity index (χ2v) is 13.8. The predicted molar refractivity (Wildman–Crippen MR) is 223 cm³/mol. The first-order valence-corrected chi connectivity index (χ1v) is 19.2. The van der Waals surface area contributed by atoms with Gasteiger partial charge >= 0.3 is 5.97 Å². The average molecular weight is 705 g/mol. The Labute approximate surface area is 316 Å². The molecule has 0 N–H and O–H groups in total. The Morgan fingerprint density at radius 3 is 1.62 bits per heavy atom. The second kappa shape index (κ2) is 28.1. The van der Waals surface area contributed by atoms with Gasteiger partial charge in [0.1, 0.15) is 17.2 Å². The van der Waals surface area contributed by atoms with E-state index in [2.05, 4.69) is 33.8 Å². The minimum absolute atomic E-state index is 0.386. The fourth-order valence-corrected chi connectivity index (χ4v) is 5.54. The summed E-state index contributed by atoms with van der Waals surface area (Å²) < 4.78 is 16.9. The Kier molecular flexibility index (Phi) is 23.5. The molecule has 2 aromatic rings. The molecule has 0 aliphatic heterocycles. The number of carbonyl (C=O) groups is 1. The first-order valence-electron chi connectivity index (χ1n) is 19.2. The molecular weight excluding hydrogens is 641 g/mol. The van der Waals surface area contributed by atoms with E-state index < -0.39 is 0 Å². The highest BCUT2D eigenvalue weighted by atomic mass is 16.5. The van der Waals surface area contributed by atoms with Crippen LogP contribution in [0.5, 0.6) is 17.2 Å². The van der Waals surface area contributed by atoms with Gasteiger partial charge in [-0.1, -0.05) is 176 Å². The quantitative estimate of drug-likeness (QED) is 0.0339. The van der Waals surface area contributed by atoms with Crippen molar-refractivity contribution in [2.45, 2.75) is 98.3 Å². The lowest BCUT2D eigenvalue weighted by molar-refractivity contribution is -0.129. The summed E-state index contributed by atoms with van der Waals surface area (Å²) in [6.45, 7) is 9.08. The molecule has 2 aromatic carbocycles. The fourth-order valence-electron chi connectivity index (χ4n) is 5.54. The zero-order chi connectivity index (χ0) is 37.7. The number of ether oxygens (including phenoxy) is 3.